The summed E-state index contributed by atoms with van der Waals surface area (Å²) in [5.74, 6) is -0.0459. The standard InChI is InChI=1S/C14H21N3O/c1-17(2)12-6-3-5-11(9-12)13(18)16-10-14(15)7-4-8-14/h3,5-6,9H,4,7-8,10,15H2,1-2H3,(H,16,18). The van der Waals surface area contributed by atoms with Crippen LogP contribution in [0.5, 0.6) is 0 Å². The maximum absolute atomic E-state index is 12.0. The number of hydrogen-bond donors (Lipinski definition) is 2. The fourth-order valence-electron chi connectivity index (χ4n) is 2.09. The molecule has 18 heavy (non-hydrogen) atoms. The Morgan fingerprint density at radius 3 is 2.72 bits per heavy atom. The zero-order chi connectivity index (χ0) is 13.2. The molecule has 0 aromatic heterocycles. The Bertz CT molecular complexity index is 438. The summed E-state index contributed by atoms with van der Waals surface area (Å²) < 4.78 is 0. The first-order valence-corrected chi connectivity index (χ1v) is 6.35. The Morgan fingerprint density at radius 1 is 1.44 bits per heavy atom. The summed E-state index contributed by atoms with van der Waals surface area (Å²) in [4.78, 5) is 14.0. The maximum Gasteiger partial charge on any atom is 0.251 e. The van der Waals surface area contributed by atoms with Crippen LogP contribution >= 0.6 is 0 Å². The molecule has 0 unspecified atom stereocenters. The number of anilines is 1. The van der Waals surface area contributed by atoms with Crippen LogP contribution in [-0.2, 0) is 0 Å². The average Bonchev–Trinajstić information content (AvgIpc) is 2.33. The molecule has 0 saturated heterocycles. The summed E-state index contributed by atoms with van der Waals surface area (Å²) in [5, 5.41) is 2.93. The van der Waals surface area contributed by atoms with Crippen LogP contribution in [0.2, 0.25) is 0 Å². The molecule has 0 bridgehead atoms. The van der Waals surface area contributed by atoms with E-state index in [9.17, 15) is 4.79 Å². The van der Waals surface area contributed by atoms with E-state index in [2.05, 4.69) is 5.32 Å². The lowest BCUT2D eigenvalue weighted by atomic mass is 9.78. The number of nitrogens with zero attached hydrogens (tertiary/aromatic N) is 1. The normalized spacial score (nSPS) is 16.8. The summed E-state index contributed by atoms with van der Waals surface area (Å²) in [6.07, 6.45) is 3.18. The number of carbonyl (C=O) groups excluding carboxylic acids is 1. The molecule has 1 fully saturated rings. The van der Waals surface area contributed by atoms with Crippen LogP contribution in [-0.4, -0.2) is 32.1 Å². The highest BCUT2D eigenvalue weighted by atomic mass is 16.1. The van der Waals surface area contributed by atoms with Gasteiger partial charge in [-0.05, 0) is 37.5 Å². The van der Waals surface area contributed by atoms with Gasteiger partial charge in [0, 0.05) is 37.4 Å². The van der Waals surface area contributed by atoms with E-state index in [-0.39, 0.29) is 11.4 Å². The Balaban J connectivity index is 1.98. The molecule has 1 saturated carbocycles. The lowest BCUT2D eigenvalue weighted by molar-refractivity contribution is 0.0930. The minimum Gasteiger partial charge on any atom is -0.378 e. The van der Waals surface area contributed by atoms with Crippen molar-refractivity contribution in [3.05, 3.63) is 29.8 Å². The van der Waals surface area contributed by atoms with Crippen molar-refractivity contribution in [2.75, 3.05) is 25.5 Å². The van der Waals surface area contributed by atoms with Gasteiger partial charge in [-0.1, -0.05) is 6.07 Å². The fourth-order valence-corrected chi connectivity index (χ4v) is 2.09. The molecule has 0 spiro atoms. The molecule has 0 atom stereocenters. The average molecular weight is 247 g/mol. The fraction of sp³-hybridized carbons (Fsp3) is 0.500. The highest BCUT2D eigenvalue weighted by Crippen LogP contribution is 2.28. The Labute approximate surface area is 108 Å². The van der Waals surface area contributed by atoms with Gasteiger partial charge in [0.25, 0.3) is 5.91 Å². The summed E-state index contributed by atoms with van der Waals surface area (Å²) in [7, 11) is 3.92. The predicted molar refractivity (Wildman–Crippen MR) is 73.9 cm³/mol. The molecule has 4 nitrogen and oxygen atoms in total. The second-order valence-corrected chi connectivity index (χ2v) is 5.34. The molecule has 0 aliphatic heterocycles. The molecule has 1 aliphatic rings. The third-order valence-electron chi connectivity index (χ3n) is 3.58. The van der Waals surface area contributed by atoms with E-state index in [0.29, 0.717) is 12.1 Å². The third-order valence-corrected chi connectivity index (χ3v) is 3.58. The van der Waals surface area contributed by atoms with Crippen molar-refractivity contribution in [2.24, 2.45) is 5.73 Å². The largest absolute Gasteiger partial charge is 0.378 e. The molecular weight excluding hydrogens is 226 g/mol. The molecule has 0 heterocycles. The van der Waals surface area contributed by atoms with Gasteiger partial charge in [-0.15, -0.1) is 0 Å². The van der Waals surface area contributed by atoms with Crippen LogP contribution in [0.25, 0.3) is 0 Å². The third kappa shape index (κ3) is 2.82. The van der Waals surface area contributed by atoms with Crippen molar-refractivity contribution in [3.8, 4) is 0 Å². The van der Waals surface area contributed by atoms with E-state index >= 15 is 0 Å². The Morgan fingerprint density at radius 2 is 2.17 bits per heavy atom. The first kappa shape index (κ1) is 12.9. The van der Waals surface area contributed by atoms with Crippen LogP contribution in [0, 0.1) is 0 Å². The molecule has 2 rings (SSSR count). The van der Waals surface area contributed by atoms with Gasteiger partial charge < -0.3 is 16.0 Å². The van der Waals surface area contributed by atoms with Gasteiger partial charge in [-0.3, -0.25) is 4.79 Å². The topological polar surface area (TPSA) is 58.4 Å². The first-order chi connectivity index (χ1) is 8.50. The summed E-state index contributed by atoms with van der Waals surface area (Å²) in [6, 6.07) is 7.59. The van der Waals surface area contributed by atoms with Gasteiger partial charge in [0.15, 0.2) is 0 Å². The van der Waals surface area contributed by atoms with Gasteiger partial charge in [-0.2, -0.15) is 0 Å². The Kier molecular flexibility index (Phi) is 3.57. The minimum absolute atomic E-state index is 0.0459. The van der Waals surface area contributed by atoms with Crippen LogP contribution in [0.3, 0.4) is 0 Å². The molecule has 1 aromatic carbocycles. The summed E-state index contributed by atoms with van der Waals surface area (Å²) in [5.41, 5.74) is 7.62. The molecule has 1 amide bonds. The lowest BCUT2D eigenvalue weighted by Crippen LogP contribution is -2.54. The van der Waals surface area contributed by atoms with E-state index in [4.69, 9.17) is 5.73 Å². The van der Waals surface area contributed by atoms with Gasteiger partial charge in [0.05, 0.1) is 0 Å². The number of rotatable bonds is 4. The number of amides is 1. The zero-order valence-electron chi connectivity index (χ0n) is 11.1. The summed E-state index contributed by atoms with van der Waals surface area (Å²) in [6.45, 7) is 0.567. The van der Waals surface area contributed by atoms with E-state index in [0.717, 1.165) is 18.5 Å². The quantitative estimate of drug-likeness (QED) is 0.844. The monoisotopic (exact) mass is 247 g/mol. The van der Waals surface area contributed by atoms with Crippen LogP contribution in [0.4, 0.5) is 5.69 Å². The van der Waals surface area contributed by atoms with Crippen molar-refractivity contribution in [2.45, 2.75) is 24.8 Å². The molecule has 1 aliphatic carbocycles. The number of nitrogens with two attached hydrogens (primary N) is 1. The Hall–Kier alpha value is -1.55. The number of carbonyl (C=O) groups is 1. The second kappa shape index (κ2) is 4.98. The zero-order valence-corrected chi connectivity index (χ0v) is 11.1. The summed E-state index contributed by atoms with van der Waals surface area (Å²) >= 11 is 0. The number of hydrogen-bond acceptors (Lipinski definition) is 3. The smallest absolute Gasteiger partial charge is 0.251 e. The van der Waals surface area contributed by atoms with E-state index in [1.165, 1.54) is 6.42 Å². The van der Waals surface area contributed by atoms with Crippen molar-refractivity contribution < 1.29 is 4.79 Å². The van der Waals surface area contributed by atoms with E-state index in [1.807, 2.05) is 43.3 Å². The van der Waals surface area contributed by atoms with Crippen LogP contribution in [0.15, 0.2) is 24.3 Å². The van der Waals surface area contributed by atoms with Crippen LogP contribution in [0.1, 0.15) is 29.6 Å². The van der Waals surface area contributed by atoms with Gasteiger partial charge >= 0.3 is 0 Å². The lowest BCUT2D eigenvalue weighted by Gasteiger charge is -2.38. The molecule has 98 valence electrons. The van der Waals surface area contributed by atoms with Crippen molar-refractivity contribution >= 4 is 11.6 Å². The van der Waals surface area contributed by atoms with Gasteiger partial charge in [-0.25, -0.2) is 0 Å². The van der Waals surface area contributed by atoms with E-state index in [1.54, 1.807) is 0 Å². The molecule has 0 radical (unpaired) electrons. The number of benzene rings is 1. The predicted octanol–water partition coefficient (Wildman–Crippen LogP) is 1.36. The van der Waals surface area contributed by atoms with Crippen molar-refractivity contribution in [1.29, 1.82) is 0 Å². The molecular formula is C14H21N3O. The molecule has 4 heteroatoms. The SMILES string of the molecule is CN(C)c1cccc(C(=O)NCC2(N)CCC2)c1. The molecule has 3 N–H and O–H groups in total. The number of nitrogens with one attached hydrogen (secondary N) is 1. The maximum atomic E-state index is 12.0. The second-order valence-electron chi connectivity index (χ2n) is 5.34. The highest BCUT2D eigenvalue weighted by Gasteiger charge is 2.32. The van der Waals surface area contributed by atoms with Gasteiger partial charge in [0.1, 0.15) is 0 Å². The molecule has 1 aromatic rings. The van der Waals surface area contributed by atoms with Gasteiger partial charge in [0.2, 0.25) is 0 Å². The highest BCUT2D eigenvalue weighted by molar-refractivity contribution is 5.95. The van der Waals surface area contributed by atoms with E-state index < -0.39 is 0 Å². The van der Waals surface area contributed by atoms with Crippen molar-refractivity contribution in [1.82, 2.24) is 5.32 Å². The minimum atomic E-state index is -0.172. The first-order valence-electron chi connectivity index (χ1n) is 6.35. The van der Waals surface area contributed by atoms with Crippen molar-refractivity contribution in [3.63, 3.8) is 0 Å². The van der Waals surface area contributed by atoms with Crippen LogP contribution < -0.4 is 16.0 Å².